The zero-order valence-corrected chi connectivity index (χ0v) is 13.1. The van der Waals surface area contributed by atoms with Crippen LogP contribution < -0.4 is 4.74 Å². The average Bonchev–Trinajstić information content (AvgIpc) is 2.54. The van der Waals surface area contributed by atoms with Crippen LogP contribution in [0.2, 0.25) is 0 Å². The minimum Gasteiger partial charge on any atom is -0.474 e. The summed E-state index contributed by atoms with van der Waals surface area (Å²) < 4.78 is 47.5. The summed E-state index contributed by atoms with van der Waals surface area (Å²) in [5.74, 6) is 0.471. The molecule has 0 unspecified atom stereocenters. The third-order valence-corrected chi connectivity index (χ3v) is 3.65. The molecule has 9 heteroatoms. The van der Waals surface area contributed by atoms with E-state index in [-0.39, 0.29) is 19.2 Å². The molecule has 1 aliphatic rings. The van der Waals surface area contributed by atoms with Crippen LogP contribution in [0.5, 0.6) is 5.88 Å². The lowest BCUT2D eigenvalue weighted by Gasteiger charge is -2.32. The van der Waals surface area contributed by atoms with Crippen molar-refractivity contribution in [1.82, 2.24) is 9.88 Å². The highest BCUT2D eigenvalue weighted by molar-refractivity contribution is 5.68. The molecule has 1 atom stereocenters. The molecule has 1 fully saturated rings. The molecule has 134 valence electrons. The summed E-state index contributed by atoms with van der Waals surface area (Å²) in [7, 11) is 0. The smallest absolute Gasteiger partial charge is 0.427 e. The third kappa shape index (κ3) is 4.98. The van der Waals surface area contributed by atoms with Gasteiger partial charge in [-0.15, -0.1) is 0 Å². The van der Waals surface area contributed by atoms with Crippen molar-refractivity contribution in [3.8, 4) is 5.88 Å². The van der Waals surface area contributed by atoms with Crippen LogP contribution in [-0.4, -0.2) is 59.2 Å². The number of carbonyl (C=O) groups is 1. The first-order valence-electron chi connectivity index (χ1n) is 7.52. The predicted octanol–water partition coefficient (Wildman–Crippen LogP) is 2.29. The van der Waals surface area contributed by atoms with Gasteiger partial charge >= 0.3 is 12.3 Å². The summed E-state index contributed by atoms with van der Waals surface area (Å²) in [6.07, 6.45) is -5.95. The molecule has 24 heavy (non-hydrogen) atoms. The molecular formula is C15H19F3N2O4. The predicted molar refractivity (Wildman–Crippen MR) is 77.6 cm³/mol. The number of hydrogen-bond acceptors (Lipinski definition) is 5. The minimum atomic E-state index is -4.79. The highest BCUT2D eigenvalue weighted by Crippen LogP contribution is 2.24. The Bertz CT molecular complexity index is 543. The Balaban J connectivity index is 1.81. The second-order valence-electron chi connectivity index (χ2n) is 5.57. The van der Waals surface area contributed by atoms with E-state index in [0.717, 1.165) is 5.56 Å². The normalized spacial score (nSPS) is 17.5. The van der Waals surface area contributed by atoms with Crippen LogP contribution in [0.4, 0.5) is 18.0 Å². The van der Waals surface area contributed by atoms with Gasteiger partial charge < -0.3 is 19.5 Å². The number of pyridine rings is 1. The second kappa shape index (κ2) is 7.69. The van der Waals surface area contributed by atoms with Crippen molar-refractivity contribution in [2.75, 3.05) is 19.7 Å². The molecule has 0 bridgehead atoms. The van der Waals surface area contributed by atoms with Gasteiger partial charge in [-0.2, -0.15) is 13.2 Å². The van der Waals surface area contributed by atoms with E-state index in [2.05, 4.69) is 9.72 Å². The molecule has 1 aromatic rings. The van der Waals surface area contributed by atoms with E-state index in [1.165, 1.54) is 4.90 Å². The number of carbonyl (C=O) groups excluding carboxylic acids is 1. The van der Waals surface area contributed by atoms with E-state index < -0.39 is 25.0 Å². The molecule has 6 nitrogen and oxygen atoms in total. The van der Waals surface area contributed by atoms with Crippen molar-refractivity contribution in [3.05, 3.63) is 23.9 Å². The van der Waals surface area contributed by atoms with Crippen molar-refractivity contribution in [1.29, 1.82) is 0 Å². The summed E-state index contributed by atoms with van der Waals surface area (Å²) in [6, 6.07) is 3.60. The Morgan fingerprint density at radius 3 is 2.58 bits per heavy atom. The third-order valence-electron chi connectivity index (χ3n) is 3.65. The molecule has 0 aliphatic carbocycles. The van der Waals surface area contributed by atoms with Crippen LogP contribution in [0.1, 0.15) is 18.4 Å². The van der Waals surface area contributed by atoms with Crippen molar-refractivity contribution in [2.45, 2.75) is 38.1 Å². The molecule has 1 amide bonds. The Hall–Kier alpha value is -2.03. The molecule has 1 saturated heterocycles. The average molecular weight is 348 g/mol. The highest BCUT2D eigenvalue weighted by Gasteiger charge is 2.43. The SMILES string of the molecule is Cc1ccc(OC2CCN(C(=O)O[C@H](CO)C(F)(F)F)CC2)nc1. The van der Waals surface area contributed by atoms with E-state index in [0.29, 0.717) is 18.7 Å². The molecule has 2 rings (SSSR count). The van der Waals surface area contributed by atoms with Gasteiger partial charge in [-0.25, -0.2) is 9.78 Å². The van der Waals surface area contributed by atoms with E-state index >= 15 is 0 Å². The Labute approximate surface area is 137 Å². The van der Waals surface area contributed by atoms with Gasteiger partial charge in [0.15, 0.2) is 0 Å². The Morgan fingerprint density at radius 1 is 1.42 bits per heavy atom. The molecule has 0 radical (unpaired) electrons. The fourth-order valence-corrected chi connectivity index (χ4v) is 2.25. The quantitative estimate of drug-likeness (QED) is 0.904. The molecule has 0 saturated carbocycles. The van der Waals surface area contributed by atoms with Gasteiger partial charge in [-0.05, 0) is 12.5 Å². The lowest BCUT2D eigenvalue weighted by Crippen LogP contribution is -2.46. The number of amides is 1. The van der Waals surface area contributed by atoms with Gasteiger partial charge in [0.2, 0.25) is 12.0 Å². The van der Waals surface area contributed by atoms with Gasteiger partial charge in [0.25, 0.3) is 0 Å². The van der Waals surface area contributed by atoms with Gasteiger partial charge in [0.05, 0.1) is 6.61 Å². The fraction of sp³-hybridized carbons (Fsp3) is 0.600. The number of aromatic nitrogens is 1. The number of hydrogen-bond donors (Lipinski definition) is 1. The number of piperidine rings is 1. The van der Waals surface area contributed by atoms with Gasteiger partial charge in [0.1, 0.15) is 6.10 Å². The number of likely N-dealkylation sites (tertiary alicyclic amines) is 1. The molecule has 1 aromatic heterocycles. The molecule has 1 N–H and O–H groups in total. The topological polar surface area (TPSA) is 71.9 Å². The fourth-order valence-electron chi connectivity index (χ4n) is 2.25. The maximum atomic E-state index is 12.5. The van der Waals surface area contributed by atoms with E-state index in [1.54, 1.807) is 12.3 Å². The van der Waals surface area contributed by atoms with Crippen molar-refractivity contribution in [2.24, 2.45) is 0 Å². The zero-order valence-electron chi connectivity index (χ0n) is 13.1. The van der Waals surface area contributed by atoms with Crippen LogP contribution in [0.3, 0.4) is 0 Å². The minimum absolute atomic E-state index is 0.166. The number of alkyl halides is 3. The second-order valence-corrected chi connectivity index (χ2v) is 5.57. The van der Waals surface area contributed by atoms with Crippen LogP contribution in [0.25, 0.3) is 0 Å². The van der Waals surface area contributed by atoms with Gasteiger partial charge in [-0.1, -0.05) is 6.07 Å². The summed E-state index contributed by atoms with van der Waals surface area (Å²) in [6.45, 7) is 1.03. The van der Waals surface area contributed by atoms with Gasteiger partial charge in [-0.3, -0.25) is 0 Å². The largest absolute Gasteiger partial charge is 0.474 e. The van der Waals surface area contributed by atoms with Crippen LogP contribution >= 0.6 is 0 Å². The number of nitrogens with zero attached hydrogens (tertiary/aromatic N) is 2. The molecule has 0 aromatic carbocycles. The monoisotopic (exact) mass is 348 g/mol. The maximum Gasteiger partial charge on any atom is 0.427 e. The first kappa shape index (κ1) is 18.3. The van der Waals surface area contributed by atoms with E-state index in [9.17, 15) is 18.0 Å². The summed E-state index contributed by atoms with van der Waals surface area (Å²) in [5, 5.41) is 8.69. The zero-order chi connectivity index (χ0) is 17.7. The van der Waals surface area contributed by atoms with Crippen molar-refractivity contribution < 1.29 is 32.5 Å². The van der Waals surface area contributed by atoms with Crippen LogP contribution in [-0.2, 0) is 4.74 Å². The van der Waals surface area contributed by atoms with Crippen LogP contribution in [0, 0.1) is 6.92 Å². The Morgan fingerprint density at radius 2 is 2.08 bits per heavy atom. The number of aliphatic hydroxyl groups excluding tert-OH is 1. The summed E-state index contributed by atoms with van der Waals surface area (Å²) in [5.41, 5.74) is 1.00. The standard InChI is InChI=1S/C15H19F3N2O4/c1-10-2-3-13(19-8-10)23-11-4-6-20(7-5-11)14(22)24-12(9-21)15(16,17)18/h2-3,8,11-12,21H,4-7,9H2,1H3/t12-/m1/s1. The van der Waals surface area contributed by atoms with Crippen molar-refractivity contribution in [3.63, 3.8) is 0 Å². The number of halogens is 3. The lowest BCUT2D eigenvalue weighted by molar-refractivity contribution is -0.214. The summed E-state index contributed by atoms with van der Waals surface area (Å²) >= 11 is 0. The van der Waals surface area contributed by atoms with E-state index in [1.807, 2.05) is 13.0 Å². The highest BCUT2D eigenvalue weighted by atomic mass is 19.4. The first-order valence-corrected chi connectivity index (χ1v) is 7.52. The molecule has 1 aliphatic heterocycles. The maximum absolute atomic E-state index is 12.5. The molecular weight excluding hydrogens is 329 g/mol. The van der Waals surface area contributed by atoms with Crippen LogP contribution in [0.15, 0.2) is 18.3 Å². The number of aryl methyl sites for hydroxylation is 1. The molecule has 0 spiro atoms. The molecule has 2 heterocycles. The number of ether oxygens (including phenoxy) is 2. The van der Waals surface area contributed by atoms with Crippen molar-refractivity contribution >= 4 is 6.09 Å². The first-order chi connectivity index (χ1) is 11.3. The van der Waals surface area contributed by atoms with E-state index in [4.69, 9.17) is 9.84 Å². The number of rotatable bonds is 4. The number of aliphatic hydroxyl groups is 1. The summed E-state index contributed by atoms with van der Waals surface area (Å²) in [4.78, 5) is 17.1. The Kier molecular flexibility index (Phi) is 5.87. The van der Waals surface area contributed by atoms with Gasteiger partial charge in [0, 0.05) is 38.2 Å². The lowest BCUT2D eigenvalue weighted by atomic mass is 10.1.